The van der Waals surface area contributed by atoms with E-state index in [2.05, 4.69) is 15.8 Å². The molecule has 0 saturated heterocycles. The van der Waals surface area contributed by atoms with Crippen LogP contribution in [0, 0.1) is 47.3 Å². The summed E-state index contributed by atoms with van der Waals surface area (Å²) in [4.78, 5) is 2.87. The number of nitrogens with zero attached hydrogens (tertiary/aromatic N) is 2. The highest BCUT2D eigenvalue weighted by Gasteiger charge is 2.55. The van der Waals surface area contributed by atoms with Crippen LogP contribution >= 0.6 is 0 Å². The Kier molecular flexibility index (Phi) is 4.73. The first-order valence-corrected chi connectivity index (χ1v) is 12.5. The van der Waals surface area contributed by atoms with Crippen LogP contribution in [0.1, 0.15) is 64.2 Å². The van der Waals surface area contributed by atoms with Gasteiger partial charge in [0.1, 0.15) is 25.2 Å². The largest absolute Gasteiger partial charge is 0.673 e. The molecule has 8 aliphatic carbocycles. The molecule has 8 bridgehead atoms. The normalized spacial score (nSPS) is 50.5. The Balaban J connectivity index is 0.000000318. The molecule has 0 aromatic carbocycles. The summed E-state index contributed by atoms with van der Waals surface area (Å²) < 4.78 is 41.9. The molecule has 0 N–H and O–H groups in total. The summed E-state index contributed by atoms with van der Waals surface area (Å²) in [6, 6.07) is 1.85. The van der Waals surface area contributed by atoms with Crippen molar-refractivity contribution in [1.29, 1.82) is 0 Å². The van der Waals surface area contributed by atoms with E-state index in [1.807, 2.05) is 0 Å². The van der Waals surface area contributed by atoms with E-state index in [0.717, 1.165) is 59.4 Å². The predicted molar refractivity (Wildman–Crippen MR) is 110 cm³/mol. The van der Waals surface area contributed by atoms with Crippen LogP contribution in [-0.2, 0) is 0 Å². The Morgan fingerprint density at radius 2 is 1.03 bits per heavy atom. The highest BCUT2D eigenvalue weighted by Crippen LogP contribution is 2.56. The van der Waals surface area contributed by atoms with E-state index < -0.39 is 7.25 Å². The molecule has 9 rings (SSSR count). The fourth-order valence-electron chi connectivity index (χ4n) is 9.87. The molecule has 2 nitrogen and oxygen atoms in total. The van der Waals surface area contributed by atoms with Crippen LogP contribution in [-0.4, -0.2) is 48.2 Å². The van der Waals surface area contributed by atoms with Crippen molar-refractivity contribution in [3.8, 4) is 0 Å². The van der Waals surface area contributed by atoms with E-state index in [0.29, 0.717) is 0 Å². The van der Waals surface area contributed by atoms with Crippen LogP contribution in [0.15, 0.2) is 0 Å². The first-order chi connectivity index (χ1) is 14.3. The second kappa shape index (κ2) is 7.13. The molecule has 7 heteroatoms. The summed E-state index contributed by atoms with van der Waals surface area (Å²) >= 11 is 0. The first kappa shape index (κ1) is 19.9. The molecule has 9 aliphatic rings. The highest BCUT2D eigenvalue weighted by atomic mass is 19.5. The number of hydrogen-bond donors (Lipinski definition) is 0. The van der Waals surface area contributed by atoms with Gasteiger partial charge in [-0.25, -0.2) is 0 Å². The van der Waals surface area contributed by atoms with E-state index in [1.165, 1.54) is 13.1 Å². The average Bonchev–Trinajstić information content (AvgIpc) is 3.08. The minimum atomic E-state index is -6.00. The summed E-state index contributed by atoms with van der Waals surface area (Å²) in [5, 5.41) is 0. The lowest BCUT2D eigenvalue weighted by molar-refractivity contribution is -0.580. The van der Waals surface area contributed by atoms with Crippen LogP contribution in [0.2, 0.25) is 0 Å². The molecule has 0 radical (unpaired) electrons. The van der Waals surface area contributed by atoms with Crippen LogP contribution in [0.4, 0.5) is 17.3 Å². The van der Waals surface area contributed by atoms with Crippen molar-refractivity contribution < 1.29 is 21.8 Å². The zero-order valence-corrected chi connectivity index (χ0v) is 17.8. The van der Waals surface area contributed by atoms with Crippen molar-refractivity contribution >= 4 is 13.6 Å². The molecule has 8 fully saturated rings. The lowest BCUT2D eigenvalue weighted by atomic mass is 9.54. The zero-order valence-electron chi connectivity index (χ0n) is 17.8. The van der Waals surface area contributed by atoms with E-state index in [4.69, 9.17) is 0 Å². The molecule has 1 aliphatic heterocycles. The van der Waals surface area contributed by atoms with Gasteiger partial charge in [-0.1, -0.05) is 0 Å². The van der Waals surface area contributed by atoms with Gasteiger partial charge in [0.25, 0.3) is 0 Å². The Morgan fingerprint density at radius 1 is 0.633 bits per heavy atom. The van der Waals surface area contributed by atoms with Gasteiger partial charge in [-0.3, -0.25) is 9.48 Å². The van der Waals surface area contributed by atoms with E-state index in [-0.39, 0.29) is 0 Å². The SMILES string of the molecule is C1=[N+](C2C3CC4CC(C3)CC2C4)CCN1C1C2CC3CC(C2)CC1C3.F[B-](F)(F)F. The van der Waals surface area contributed by atoms with Gasteiger partial charge in [-0.15, -0.1) is 0 Å². The van der Waals surface area contributed by atoms with Crippen molar-refractivity contribution in [3.63, 3.8) is 0 Å². The molecule has 0 aromatic rings. The van der Waals surface area contributed by atoms with Crippen molar-refractivity contribution in [1.82, 2.24) is 4.90 Å². The Hall–Kier alpha value is -0.745. The van der Waals surface area contributed by atoms with E-state index in [1.54, 1.807) is 64.2 Å². The first-order valence-electron chi connectivity index (χ1n) is 12.5. The van der Waals surface area contributed by atoms with E-state index in [9.17, 15) is 17.3 Å². The molecule has 0 aromatic heterocycles. The smallest absolute Gasteiger partial charge is 0.418 e. The highest BCUT2D eigenvalue weighted by molar-refractivity contribution is 6.50. The van der Waals surface area contributed by atoms with Gasteiger partial charge in [0.05, 0.1) is 0 Å². The average molecular weight is 426 g/mol. The molecule has 30 heavy (non-hydrogen) atoms. The third-order valence-electron chi connectivity index (χ3n) is 10.0. The monoisotopic (exact) mass is 426 g/mol. The third kappa shape index (κ3) is 3.60. The topological polar surface area (TPSA) is 6.25 Å². The minimum Gasteiger partial charge on any atom is -0.418 e. The van der Waals surface area contributed by atoms with Crippen LogP contribution in [0.5, 0.6) is 0 Å². The molecule has 168 valence electrons. The van der Waals surface area contributed by atoms with Crippen LogP contribution in [0.25, 0.3) is 0 Å². The van der Waals surface area contributed by atoms with Crippen molar-refractivity contribution in [2.45, 2.75) is 76.3 Å². The van der Waals surface area contributed by atoms with Crippen LogP contribution < -0.4 is 0 Å². The van der Waals surface area contributed by atoms with Gasteiger partial charge in [0.2, 0.25) is 6.34 Å². The van der Waals surface area contributed by atoms with Gasteiger partial charge in [0.15, 0.2) is 0 Å². The fraction of sp³-hybridized carbons (Fsp3) is 0.957. The van der Waals surface area contributed by atoms with Gasteiger partial charge >= 0.3 is 7.25 Å². The molecule has 1 heterocycles. The summed E-state index contributed by atoms with van der Waals surface area (Å²) in [6.07, 6.45) is 18.4. The van der Waals surface area contributed by atoms with Crippen molar-refractivity contribution in [3.05, 3.63) is 0 Å². The second-order valence-corrected chi connectivity index (χ2v) is 11.9. The number of rotatable bonds is 2. The molecular weight excluding hydrogens is 391 g/mol. The third-order valence-corrected chi connectivity index (χ3v) is 10.0. The molecular formula is C23H35BF4N2. The Labute approximate surface area is 177 Å². The Morgan fingerprint density at radius 3 is 1.47 bits per heavy atom. The van der Waals surface area contributed by atoms with E-state index >= 15 is 0 Å². The van der Waals surface area contributed by atoms with Gasteiger partial charge in [0, 0.05) is 23.7 Å². The van der Waals surface area contributed by atoms with Crippen LogP contribution in [0.3, 0.4) is 0 Å². The van der Waals surface area contributed by atoms with Gasteiger partial charge in [-0.05, 0) is 87.9 Å². The molecule has 0 atom stereocenters. The summed E-state index contributed by atoms with van der Waals surface area (Å²) in [5.74, 6) is 8.64. The van der Waals surface area contributed by atoms with Gasteiger partial charge in [-0.2, -0.15) is 0 Å². The molecule has 0 unspecified atom stereocenters. The summed E-state index contributed by atoms with van der Waals surface area (Å²) in [7, 11) is -6.00. The molecule has 0 spiro atoms. The quantitative estimate of drug-likeness (QED) is 0.330. The van der Waals surface area contributed by atoms with Gasteiger partial charge < -0.3 is 17.3 Å². The lowest BCUT2D eigenvalue weighted by Crippen LogP contribution is -2.55. The second-order valence-electron chi connectivity index (χ2n) is 11.9. The maximum Gasteiger partial charge on any atom is 0.673 e. The number of halogens is 4. The fourth-order valence-corrected chi connectivity index (χ4v) is 9.87. The minimum absolute atomic E-state index is 0.926. The van der Waals surface area contributed by atoms with Crippen molar-refractivity contribution in [2.24, 2.45) is 47.3 Å². The zero-order chi connectivity index (χ0) is 20.6. The molecule has 8 saturated carbocycles. The summed E-state index contributed by atoms with van der Waals surface area (Å²) in [6.45, 7) is 2.69. The summed E-state index contributed by atoms with van der Waals surface area (Å²) in [5.41, 5.74) is 0. The lowest BCUT2D eigenvalue weighted by Gasteiger charge is -2.54. The maximum absolute atomic E-state index is 9.75. The molecule has 0 amide bonds. The maximum atomic E-state index is 9.75. The standard InChI is InChI=1S/C23H35N2.BF4/c1-2-25(23-20-9-16-4-17(11-20)12-21(23)10-16)13-24(1)22-18-5-14-3-15(7-18)8-19(22)6-14;2-1(3,4)5/h13-23H,1-12H2;/q+1;-1. The Bertz CT molecular complexity index is 646. The predicted octanol–water partition coefficient (Wildman–Crippen LogP) is 5.29. The number of hydrogen-bond acceptors (Lipinski definition) is 1. The van der Waals surface area contributed by atoms with Crippen molar-refractivity contribution in [2.75, 3.05) is 13.1 Å².